The highest BCUT2D eigenvalue weighted by molar-refractivity contribution is 7.89. The molecule has 8 nitrogen and oxygen atoms in total. The molecule has 0 spiro atoms. The molecule has 2 rings (SSSR count). The van der Waals surface area contributed by atoms with Crippen LogP contribution < -0.4 is 16.0 Å². The van der Waals surface area contributed by atoms with Crippen molar-refractivity contribution in [1.82, 2.24) is 14.9 Å². The van der Waals surface area contributed by atoms with Gasteiger partial charge in [0, 0.05) is 38.4 Å². The van der Waals surface area contributed by atoms with Gasteiger partial charge in [-0.05, 0) is 42.0 Å². The molecule has 0 radical (unpaired) electrons. The standard InChI is InChI=1S/C20H24N4O4S/c1-4-13-21-19(25)16-7-9-17(10-8-16)23-20(26)22-14-15-5-11-18(12-6-15)29(27,28)24(2)3/h4-12H,1,13-14H2,2-3H3,(H,21,25)(H2,22,23,26). The van der Waals surface area contributed by atoms with Crippen LogP contribution in [0.15, 0.2) is 66.1 Å². The average Bonchev–Trinajstić information content (AvgIpc) is 2.71. The molecule has 0 aromatic heterocycles. The van der Waals surface area contributed by atoms with Crippen LogP contribution >= 0.6 is 0 Å². The van der Waals surface area contributed by atoms with Crippen LogP contribution in [0.4, 0.5) is 10.5 Å². The van der Waals surface area contributed by atoms with Gasteiger partial charge >= 0.3 is 6.03 Å². The lowest BCUT2D eigenvalue weighted by Gasteiger charge is -2.12. The normalized spacial score (nSPS) is 11.0. The predicted octanol–water partition coefficient (Wildman–Crippen LogP) is 2.17. The number of benzene rings is 2. The minimum atomic E-state index is -3.48. The Labute approximate surface area is 170 Å². The number of hydrogen-bond donors (Lipinski definition) is 3. The summed E-state index contributed by atoms with van der Waals surface area (Å²) in [5, 5.41) is 8.03. The van der Waals surface area contributed by atoms with Crippen LogP contribution in [0.3, 0.4) is 0 Å². The molecule has 9 heteroatoms. The van der Waals surface area contributed by atoms with E-state index in [1.807, 2.05) is 0 Å². The Morgan fingerprint density at radius 1 is 1.00 bits per heavy atom. The maximum atomic E-state index is 12.0. The van der Waals surface area contributed by atoms with Crippen molar-refractivity contribution in [2.45, 2.75) is 11.4 Å². The summed E-state index contributed by atoms with van der Waals surface area (Å²) in [6.07, 6.45) is 1.59. The molecule has 29 heavy (non-hydrogen) atoms. The van der Waals surface area contributed by atoms with E-state index in [1.54, 1.807) is 42.5 Å². The highest BCUT2D eigenvalue weighted by Gasteiger charge is 2.16. The lowest BCUT2D eigenvalue weighted by molar-refractivity contribution is 0.0958. The fourth-order valence-electron chi connectivity index (χ4n) is 2.32. The number of nitrogens with zero attached hydrogens (tertiary/aromatic N) is 1. The number of sulfonamides is 1. The van der Waals surface area contributed by atoms with Crippen molar-refractivity contribution in [3.05, 3.63) is 72.3 Å². The van der Waals surface area contributed by atoms with Gasteiger partial charge in [0.25, 0.3) is 5.91 Å². The van der Waals surface area contributed by atoms with E-state index in [9.17, 15) is 18.0 Å². The number of nitrogens with one attached hydrogen (secondary N) is 3. The summed E-state index contributed by atoms with van der Waals surface area (Å²) in [7, 11) is -0.545. The van der Waals surface area contributed by atoms with E-state index >= 15 is 0 Å². The second-order valence-electron chi connectivity index (χ2n) is 6.32. The van der Waals surface area contributed by atoms with Crippen LogP contribution in [0.5, 0.6) is 0 Å². The van der Waals surface area contributed by atoms with Gasteiger partial charge in [-0.3, -0.25) is 4.79 Å². The number of urea groups is 1. The number of carbonyl (C=O) groups is 2. The Morgan fingerprint density at radius 2 is 1.62 bits per heavy atom. The number of anilines is 1. The smallest absolute Gasteiger partial charge is 0.319 e. The third-order valence-corrected chi connectivity index (χ3v) is 5.80. The predicted molar refractivity (Wildman–Crippen MR) is 112 cm³/mol. The average molecular weight is 417 g/mol. The van der Waals surface area contributed by atoms with Gasteiger partial charge in [-0.1, -0.05) is 18.2 Å². The van der Waals surface area contributed by atoms with Gasteiger partial charge in [0.2, 0.25) is 10.0 Å². The zero-order chi connectivity index (χ0) is 21.4. The van der Waals surface area contributed by atoms with Gasteiger partial charge in [0.05, 0.1) is 4.90 Å². The Balaban J connectivity index is 1.88. The van der Waals surface area contributed by atoms with Gasteiger partial charge in [0.15, 0.2) is 0 Å². The molecule has 0 aliphatic carbocycles. The zero-order valence-corrected chi connectivity index (χ0v) is 17.1. The molecule has 0 aliphatic rings. The summed E-state index contributed by atoms with van der Waals surface area (Å²) < 4.78 is 25.2. The molecule has 0 aliphatic heterocycles. The Morgan fingerprint density at radius 3 is 2.17 bits per heavy atom. The van der Waals surface area contributed by atoms with Crippen LogP contribution in [0.25, 0.3) is 0 Å². The summed E-state index contributed by atoms with van der Waals surface area (Å²) >= 11 is 0. The second-order valence-corrected chi connectivity index (χ2v) is 8.47. The maximum absolute atomic E-state index is 12.0. The summed E-state index contributed by atoms with van der Waals surface area (Å²) in [5.74, 6) is -0.222. The number of rotatable bonds is 8. The lowest BCUT2D eigenvalue weighted by Crippen LogP contribution is -2.28. The van der Waals surface area contributed by atoms with Crippen LogP contribution in [0.1, 0.15) is 15.9 Å². The molecule has 3 amide bonds. The first-order valence-electron chi connectivity index (χ1n) is 8.79. The van der Waals surface area contributed by atoms with E-state index in [4.69, 9.17) is 0 Å². The SMILES string of the molecule is C=CCNC(=O)c1ccc(NC(=O)NCc2ccc(S(=O)(=O)N(C)C)cc2)cc1. The van der Waals surface area contributed by atoms with Gasteiger partial charge in [-0.15, -0.1) is 6.58 Å². The van der Waals surface area contributed by atoms with E-state index in [0.717, 1.165) is 9.87 Å². The number of amides is 3. The third kappa shape index (κ3) is 6.16. The van der Waals surface area contributed by atoms with Crippen LogP contribution in [-0.4, -0.2) is 45.3 Å². The molecule has 0 saturated carbocycles. The van der Waals surface area contributed by atoms with Gasteiger partial charge in [-0.2, -0.15) is 0 Å². The van der Waals surface area contributed by atoms with Crippen LogP contribution in [0.2, 0.25) is 0 Å². The minimum absolute atomic E-state index is 0.188. The van der Waals surface area contributed by atoms with Gasteiger partial charge in [0.1, 0.15) is 0 Å². The van der Waals surface area contributed by atoms with Crippen molar-refractivity contribution in [3.63, 3.8) is 0 Å². The summed E-state index contributed by atoms with van der Waals surface area (Å²) in [6, 6.07) is 12.4. The van der Waals surface area contributed by atoms with E-state index in [0.29, 0.717) is 17.8 Å². The fraction of sp³-hybridized carbons (Fsp3) is 0.200. The molecule has 2 aromatic rings. The van der Waals surface area contributed by atoms with Gasteiger partial charge in [-0.25, -0.2) is 17.5 Å². The highest BCUT2D eigenvalue weighted by Crippen LogP contribution is 2.14. The topological polar surface area (TPSA) is 108 Å². The first-order valence-corrected chi connectivity index (χ1v) is 10.2. The second kappa shape index (κ2) is 9.85. The first-order chi connectivity index (χ1) is 13.7. The molecule has 3 N–H and O–H groups in total. The quantitative estimate of drug-likeness (QED) is 0.573. The van der Waals surface area contributed by atoms with E-state index in [2.05, 4.69) is 22.5 Å². The monoisotopic (exact) mass is 416 g/mol. The fourth-order valence-corrected chi connectivity index (χ4v) is 3.22. The molecule has 0 bridgehead atoms. The van der Waals surface area contributed by atoms with E-state index < -0.39 is 16.1 Å². The van der Waals surface area contributed by atoms with E-state index in [1.165, 1.54) is 26.2 Å². The Hall–Kier alpha value is -3.17. The van der Waals surface area contributed by atoms with Crippen molar-refractivity contribution in [1.29, 1.82) is 0 Å². The van der Waals surface area contributed by atoms with Crippen molar-refractivity contribution in [2.24, 2.45) is 0 Å². The van der Waals surface area contributed by atoms with Crippen molar-refractivity contribution < 1.29 is 18.0 Å². The molecular weight excluding hydrogens is 392 g/mol. The molecule has 0 heterocycles. The lowest BCUT2D eigenvalue weighted by atomic mass is 10.2. The maximum Gasteiger partial charge on any atom is 0.319 e. The molecule has 0 unspecified atom stereocenters. The van der Waals surface area contributed by atoms with Gasteiger partial charge < -0.3 is 16.0 Å². The first kappa shape index (κ1) is 22.1. The molecule has 0 saturated heterocycles. The van der Waals surface area contributed by atoms with Crippen LogP contribution in [0, 0.1) is 0 Å². The van der Waals surface area contributed by atoms with E-state index in [-0.39, 0.29) is 17.3 Å². The van der Waals surface area contributed by atoms with Crippen LogP contribution in [-0.2, 0) is 16.6 Å². The molecular formula is C20H24N4O4S. The number of hydrogen-bond acceptors (Lipinski definition) is 4. The summed E-state index contributed by atoms with van der Waals surface area (Å²) in [6.45, 7) is 4.15. The zero-order valence-electron chi connectivity index (χ0n) is 16.3. The largest absolute Gasteiger partial charge is 0.349 e. The molecule has 2 aromatic carbocycles. The third-order valence-electron chi connectivity index (χ3n) is 3.97. The minimum Gasteiger partial charge on any atom is -0.349 e. The molecule has 0 fully saturated rings. The van der Waals surface area contributed by atoms with Crippen molar-refractivity contribution in [2.75, 3.05) is 26.0 Å². The Kier molecular flexibility index (Phi) is 7.52. The summed E-state index contributed by atoms with van der Waals surface area (Å²) in [5.41, 5.74) is 1.77. The summed E-state index contributed by atoms with van der Waals surface area (Å²) in [4.78, 5) is 24.1. The Bertz CT molecular complexity index is 969. The number of carbonyl (C=O) groups excluding carboxylic acids is 2. The van der Waals surface area contributed by atoms with Crippen molar-refractivity contribution in [3.8, 4) is 0 Å². The molecule has 0 atom stereocenters. The van der Waals surface area contributed by atoms with Crippen molar-refractivity contribution >= 4 is 27.6 Å². The highest BCUT2D eigenvalue weighted by atomic mass is 32.2. The molecule has 154 valence electrons.